The molecule has 0 radical (unpaired) electrons. The van der Waals surface area contributed by atoms with E-state index in [1.807, 2.05) is 45.2 Å². The largest absolute Gasteiger partial charge is 0.348 e. The van der Waals surface area contributed by atoms with E-state index in [9.17, 15) is 9.59 Å². The van der Waals surface area contributed by atoms with Crippen LogP contribution in [0.4, 0.5) is 0 Å². The lowest BCUT2D eigenvalue weighted by molar-refractivity contribution is 0.0933. The Balaban J connectivity index is 1.85. The predicted octanol–water partition coefficient (Wildman–Crippen LogP) is 3.71. The molecule has 1 fully saturated rings. The number of rotatable bonds is 5. The summed E-state index contributed by atoms with van der Waals surface area (Å²) in [5, 5.41) is 7.52. The number of amides is 1. The van der Waals surface area contributed by atoms with E-state index < -0.39 is 0 Å². The van der Waals surface area contributed by atoms with E-state index in [1.54, 1.807) is 4.52 Å². The number of hydrogen-bond donors (Lipinski definition) is 2. The zero-order chi connectivity index (χ0) is 20.0. The molecule has 1 aliphatic rings. The molecule has 28 heavy (non-hydrogen) atoms. The van der Waals surface area contributed by atoms with Crippen molar-refractivity contribution in [2.45, 2.75) is 58.9 Å². The minimum Gasteiger partial charge on any atom is -0.348 e. The molecule has 3 aromatic rings. The highest BCUT2D eigenvalue weighted by atomic mass is 16.2. The number of benzene rings is 1. The van der Waals surface area contributed by atoms with Gasteiger partial charge in [0.15, 0.2) is 5.69 Å². The van der Waals surface area contributed by atoms with E-state index in [0.29, 0.717) is 16.9 Å². The summed E-state index contributed by atoms with van der Waals surface area (Å²) < 4.78 is 1.59. The summed E-state index contributed by atoms with van der Waals surface area (Å²) in [6, 6.07) is 6.14. The van der Waals surface area contributed by atoms with Gasteiger partial charge in [0, 0.05) is 11.6 Å². The normalized spacial score (nSPS) is 15.0. The van der Waals surface area contributed by atoms with E-state index in [4.69, 9.17) is 0 Å². The fourth-order valence-electron chi connectivity index (χ4n) is 3.48. The number of fused-ring (bicyclic) bond motifs is 1. The Hall–Kier alpha value is -2.89. The van der Waals surface area contributed by atoms with Crippen LogP contribution in [-0.2, 0) is 0 Å². The van der Waals surface area contributed by atoms with Crippen LogP contribution >= 0.6 is 0 Å². The first-order valence-electron chi connectivity index (χ1n) is 9.93. The maximum atomic E-state index is 12.9. The van der Waals surface area contributed by atoms with Gasteiger partial charge >= 0.3 is 0 Å². The summed E-state index contributed by atoms with van der Waals surface area (Å²) in [7, 11) is 0. The van der Waals surface area contributed by atoms with Crippen LogP contribution in [0.1, 0.15) is 66.2 Å². The van der Waals surface area contributed by atoms with Crippen molar-refractivity contribution in [1.29, 1.82) is 0 Å². The second kappa shape index (κ2) is 6.93. The third kappa shape index (κ3) is 3.23. The zero-order valence-electron chi connectivity index (χ0n) is 16.8. The Morgan fingerprint density at radius 3 is 2.71 bits per heavy atom. The number of aromatic nitrogens is 3. The fraction of sp³-hybridized carbons (Fsp3) is 0.409. The molecule has 1 unspecified atom stereocenters. The summed E-state index contributed by atoms with van der Waals surface area (Å²) in [6.07, 6.45) is 4.63. The van der Waals surface area contributed by atoms with Crippen molar-refractivity contribution in [3.05, 3.63) is 57.1 Å². The highest BCUT2D eigenvalue weighted by molar-refractivity contribution is 5.96. The summed E-state index contributed by atoms with van der Waals surface area (Å²) in [5.41, 5.74) is 5.43. The summed E-state index contributed by atoms with van der Waals surface area (Å²) in [4.78, 5) is 28.7. The van der Waals surface area contributed by atoms with Crippen molar-refractivity contribution in [3.8, 4) is 11.3 Å². The van der Waals surface area contributed by atoms with Crippen LogP contribution < -0.4 is 10.9 Å². The van der Waals surface area contributed by atoms with Gasteiger partial charge in [-0.3, -0.25) is 9.59 Å². The Morgan fingerprint density at radius 2 is 2.07 bits per heavy atom. The molecule has 4 rings (SSSR count). The molecule has 1 aromatic carbocycles. The number of hydrogen-bond acceptors (Lipinski definition) is 3. The Morgan fingerprint density at radius 1 is 1.32 bits per heavy atom. The van der Waals surface area contributed by atoms with Crippen molar-refractivity contribution in [2.24, 2.45) is 0 Å². The van der Waals surface area contributed by atoms with Crippen LogP contribution in [0, 0.1) is 13.8 Å². The van der Waals surface area contributed by atoms with Crippen molar-refractivity contribution >= 4 is 11.4 Å². The number of aromatic amines is 1. The monoisotopic (exact) mass is 378 g/mol. The van der Waals surface area contributed by atoms with Gasteiger partial charge < -0.3 is 10.3 Å². The number of aryl methyl sites for hydroxylation is 2. The summed E-state index contributed by atoms with van der Waals surface area (Å²) >= 11 is 0. The maximum absolute atomic E-state index is 12.9. The highest BCUT2D eigenvalue weighted by Crippen LogP contribution is 2.43. The zero-order valence-corrected chi connectivity index (χ0v) is 16.8. The molecule has 146 valence electrons. The molecule has 2 N–H and O–H groups in total. The second-order valence-electron chi connectivity index (χ2n) is 7.91. The quantitative estimate of drug-likeness (QED) is 0.710. The Labute approximate surface area is 164 Å². The van der Waals surface area contributed by atoms with E-state index >= 15 is 0 Å². The van der Waals surface area contributed by atoms with Crippen molar-refractivity contribution in [1.82, 2.24) is 19.9 Å². The van der Waals surface area contributed by atoms with Crippen LogP contribution in [0.15, 0.2) is 29.2 Å². The van der Waals surface area contributed by atoms with Crippen molar-refractivity contribution in [2.75, 3.05) is 0 Å². The van der Waals surface area contributed by atoms with E-state index in [0.717, 1.165) is 36.0 Å². The highest BCUT2D eigenvalue weighted by Gasteiger charge is 2.34. The van der Waals surface area contributed by atoms with Crippen LogP contribution in [0.2, 0.25) is 0 Å². The van der Waals surface area contributed by atoms with Crippen molar-refractivity contribution < 1.29 is 4.79 Å². The molecule has 0 saturated heterocycles. The number of nitrogens with zero attached hydrogens (tertiary/aromatic N) is 2. The molecule has 1 aliphatic carbocycles. The average Bonchev–Trinajstić information content (AvgIpc) is 3.43. The third-order valence-electron chi connectivity index (χ3n) is 5.67. The number of carbonyl (C=O) groups excluding carboxylic acids is 1. The predicted molar refractivity (Wildman–Crippen MR) is 110 cm³/mol. The Kier molecular flexibility index (Phi) is 4.57. The Bertz CT molecular complexity index is 1120. The van der Waals surface area contributed by atoms with Crippen LogP contribution in [0.5, 0.6) is 0 Å². The van der Waals surface area contributed by atoms with Gasteiger partial charge in [0.25, 0.3) is 11.5 Å². The molecule has 6 heteroatoms. The van der Waals surface area contributed by atoms with Gasteiger partial charge in [-0.05, 0) is 68.7 Å². The molecule has 0 spiro atoms. The number of H-pyrrole nitrogens is 1. The van der Waals surface area contributed by atoms with Crippen LogP contribution in [0.3, 0.4) is 0 Å². The standard InChI is InChI=1S/C22H26N4O2/c1-5-14(4)23-21(27)19-18(15-8-9-15)20-22(28)24-17(11-26(20)25-19)16-7-6-12(2)13(3)10-16/h6-7,10-11,14-15H,5,8-9H2,1-4H3,(H,23,27)(H,24,28). The first-order chi connectivity index (χ1) is 13.4. The van der Waals surface area contributed by atoms with Gasteiger partial charge in [-0.1, -0.05) is 19.1 Å². The first-order valence-corrected chi connectivity index (χ1v) is 9.93. The minimum absolute atomic E-state index is 0.0637. The summed E-state index contributed by atoms with van der Waals surface area (Å²) in [6.45, 7) is 8.10. The average molecular weight is 378 g/mol. The fourth-order valence-corrected chi connectivity index (χ4v) is 3.48. The molecule has 1 amide bonds. The van der Waals surface area contributed by atoms with Crippen LogP contribution in [-0.4, -0.2) is 26.5 Å². The minimum atomic E-state index is -0.202. The second-order valence-corrected chi connectivity index (χ2v) is 7.91. The van der Waals surface area contributed by atoms with Gasteiger partial charge in [-0.2, -0.15) is 5.10 Å². The SMILES string of the molecule is CCC(C)NC(=O)c1nn2cc(-c3ccc(C)c(C)c3)[nH]c(=O)c2c1C1CC1. The van der Waals surface area contributed by atoms with Gasteiger partial charge in [0.05, 0.1) is 11.9 Å². The van der Waals surface area contributed by atoms with Gasteiger partial charge in [-0.15, -0.1) is 0 Å². The van der Waals surface area contributed by atoms with Gasteiger partial charge in [0.1, 0.15) is 5.52 Å². The molecular weight excluding hydrogens is 352 g/mol. The van der Waals surface area contributed by atoms with Crippen molar-refractivity contribution in [3.63, 3.8) is 0 Å². The van der Waals surface area contributed by atoms with Crippen LogP contribution in [0.25, 0.3) is 16.8 Å². The molecule has 0 bridgehead atoms. The molecule has 6 nitrogen and oxygen atoms in total. The molecular formula is C22H26N4O2. The first kappa shape index (κ1) is 18.5. The lowest BCUT2D eigenvalue weighted by Gasteiger charge is -2.10. The lowest BCUT2D eigenvalue weighted by atomic mass is 10.0. The van der Waals surface area contributed by atoms with E-state index in [-0.39, 0.29) is 23.4 Å². The van der Waals surface area contributed by atoms with Gasteiger partial charge in [-0.25, -0.2) is 4.52 Å². The lowest BCUT2D eigenvalue weighted by Crippen LogP contribution is -2.32. The van der Waals surface area contributed by atoms with Gasteiger partial charge in [0.2, 0.25) is 0 Å². The summed E-state index contributed by atoms with van der Waals surface area (Å²) in [5.74, 6) is 0.0378. The smallest absolute Gasteiger partial charge is 0.274 e. The topological polar surface area (TPSA) is 79.3 Å². The number of nitrogens with one attached hydrogen (secondary N) is 2. The van der Waals surface area contributed by atoms with E-state index in [1.165, 1.54) is 5.56 Å². The maximum Gasteiger partial charge on any atom is 0.274 e. The third-order valence-corrected chi connectivity index (χ3v) is 5.67. The number of carbonyl (C=O) groups is 1. The molecule has 2 aromatic heterocycles. The molecule has 1 saturated carbocycles. The molecule has 2 heterocycles. The molecule has 1 atom stereocenters. The van der Waals surface area contributed by atoms with E-state index in [2.05, 4.69) is 22.3 Å². The molecule has 0 aliphatic heterocycles.